The van der Waals surface area contributed by atoms with Gasteiger partial charge in [0.1, 0.15) is 11.3 Å². The van der Waals surface area contributed by atoms with E-state index in [2.05, 4.69) is 5.32 Å². The Kier molecular flexibility index (Phi) is 4.86. The Bertz CT molecular complexity index is 989. The molecule has 2 fully saturated rings. The molecule has 144 valence electrons. The van der Waals surface area contributed by atoms with Gasteiger partial charge in [0.2, 0.25) is 0 Å². The number of barbiturate groups is 1. The fraction of sp³-hybridized carbons (Fsp3) is 0.318. The number of hydrogen-bond donors (Lipinski definition) is 1. The molecule has 1 saturated carbocycles. The van der Waals surface area contributed by atoms with Crippen molar-refractivity contribution in [2.75, 3.05) is 7.11 Å². The second-order valence-electron chi connectivity index (χ2n) is 7.19. The number of carbonyl (C=O) groups excluding carboxylic acids is 3. The van der Waals surface area contributed by atoms with E-state index in [1.54, 1.807) is 13.2 Å². The van der Waals surface area contributed by atoms with Gasteiger partial charge in [0.15, 0.2) is 0 Å². The van der Waals surface area contributed by atoms with Crippen molar-refractivity contribution >= 4 is 34.7 Å². The van der Waals surface area contributed by atoms with Gasteiger partial charge in [-0.2, -0.15) is 0 Å². The lowest BCUT2D eigenvalue weighted by atomic mass is 9.93. The summed E-state index contributed by atoms with van der Waals surface area (Å²) in [5.41, 5.74) is 0.716. The highest BCUT2D eigenvalue weighted by Gasteiger charge is 2.40. The van der Waals surface area contributed by atoms with Crippen LogP contribution in [0.3, 0.4) is 0 Å². The standard InChI is InChI=1S/C22H22N2O4/c1-28-19-12-11-14(16-9-5-6-10-17(16)19)13-18-20(25)23-22(27)24(21(18)26)15-7-3-2-4-8-15/h5-6,9-13,15H,2-4,7-8H2,1H3,(H,23,25,27). The van der Waals surface area contributed by atoms with Crippen molar-refractivity contribution in [1.82, 2.24) is 10.2 Å². The van der Waals surface area contributed by atoms with Crippen LogP contribution in [-0.2, 0) is 9.59 Å². The van der Waals surface area contributed by atoms with Crippen LogP contribution in [0.4, 0.5) is 4.79 Å². The van der Waals surface area contributed by atoms with Crippen molar-refractivity contribution in [3.63, 3.8) is 0 Å². The number of hydrogen-bond acceptors (Lipinski definition) is 4. The SMILES string of the molecule is COc1ccc(C=C2C(=O)NC(=O)N(C3CCCCC3)C2=O)c2ccccc12. The van der Waals surface area contributed by atoms with Gasteiger partial charge in [0, 0.05) is 11.4 Å². The Morgan fingerprint density at radius 1 is 1.00 bits per heavy atom. The Labute approximate surface area is 163 Å². The summed E-state index contributed by atoms with van der Waals surface area (Å²) in [7, 11) is 1.60. The topological polar surface area (TPSA) is 75.7 Å². The molecule has 0 aromatic heterocycles. The Hall–Kier alpha value is -3.15. The Morgan fingerprint density at radius 3 is 2.43 bits per heavy atom. The van der Waals surface area contributed by atoms with Crippen LogP contribution in [-0.4, -0.2) is 35.9 Å². The second-order valence-corrected chi connectivity index (χ2v) is 7.19. The van der Waals surface area contributed by atoms with Gasteiger partial charge >= 0.3 is 6.03 Å². The Balaban J connectivity index is 1.76. The van der Waals surface area contributed by atoms with Crippen molar-refractivity contribution in [3.8, 4) is 5.75 Å². The molecule has 1 heterocycles. The monoisotopic (exact) mass is 378 g/mol. The smallest absolute Gasteiger partial charge is 0.331 e. The molecule has 1 saturated heterocycles. The highest BCUT2D eigenvalue weighted by molar-refractivity contribution is 6.31. The third-order valence-corrected chi connectivity index (χ3v) is 5.51. The van der Waals surface area contributed by atoms with Crippen LogP contribution in [0, 0.1) is 0 Å². The summed E-state index contributed by atoms with van der Waals surface area (Å²) in [5, 5.41) is 4.10. The van der Waals surface area contributed by atoms with E-state index < -0.39 is 17.8 Å². The van der Waals surface area contributed by atoms with Gasteiger partial charge in [-0.05, 0) is 35.9 Å². The minimum Gasteiger partial charge on any atom is -0.496 e. The third kappa shape index (κ3) is 3.15. The summed E-state index contributed by atoms with van der Waals surface area (Å²) < 4.78 is 5.41. The van der Waals surface area contributed by atoms with Gasteiger partial charge in [-0.1, -0.05) is 49.6 Å². The van der Waals surface area contributed by atoms with Crippen LogP contribution in [0.15, 0.2) is 42.0 Å². The molecule has 6 heteroatoms. The average molecular weight is 378 g/mol. The molecule has 4 amide bonds. The normalized spacial score (nSPS) is 20.0. The first-order valence-electron chi connectivity index (χ1n) is 9.56. The van der Waals surface area contributed by atoms with E-state index in [1.165, 1.54) is 4.90 Å². The quantitative estimate of drug-likeness (QED) is 0.653. The first-order chi connectivity index (χ1) is 13.6. The molecular formula is C22H22N2O4. The van der Waals surface area contributed by atoms with E-state index in [9.17, 15) is 14.4 Å². The Morgan fingerprint density at radius 2 is 1.71 bits per heavy atom. The predicted molar refractivity (Wildman–Crippen MR) is 106 cm³/mol. The van der Waals surface area contributed by atoms with Gasteiger partial charge < -0.3 is 4.74 Å². The molecule has 2 aromatic carbocycles. The molecule has 0 spiro atoms. The third-order valence-electron chi connectivity index (χ3n) is 5.51. The predicted octanol–water partition coefficient (Wildman–Crippen LogP) is 3.64. The number of amides is 4. The maximum absolute atomic E-state index is 13.1. The van der Waals surface area contributed by atoms with Crippen molar-refractivity contribution in [2.24, 2.45) is 0 Å². The zero-order valence-corrected chi connectivity index (χ0v) is 15.7. The molecule has 0 bridgehead atoms. The van der Waals surface area contributed by atoms with Crippen LogP contribution >= 0.6 is 0 Å². The second kappa shape index (κ2) is 7.46. The largest absolute Gasteiger partial charge is 0.496 e. The van der Waals surface area contributed by atoms with E-state index in [-0.39, 0.29) is 11.6 Å². The van der Waals surface area contributed by atoms with E-state index in [1.807, 2.05) is 36.4 Å². The molecule has 0 radical (unpaired) electrons. The van der Waals surface area contributed by atoms with Gasteiger partial charge in [-0.15, -0.1) is 0 Å². The molecule has 0 unspecified atom stereocenters. The summed E-state index contributed by atoms with van der Waals surface area (Å²) in [6, 6.07) is 10.5. The lowest BCUT2D eigenvalue weighted by Crippen LogP contribution is -2.58. The number of nitrogens with one attached hydrogen (secondary N) is 1. The molecule has 2 aliphatic rings. The molecule has 1 aliphatic heterocycles. The fourth-order valence-corrected chi connectivity index (χ4v) is 4.10. The number of carbonyl (C=O) groups is 3. The van der Waals surface area contributed by atoms with Crippen molar-refractivity contribution in [2.45, 2.75) is 38.1 Å². The molecule has 4 rings (SSSR count). The highest BCUT2D eigenvalue weighted by atomic mass is 16.5. The molecular weight excluding hydrogens is 356 g/mol. The minimum absolute atomic E-state index is 0.0134. The molecule has 2 aromatic rings. The number of benzene rings is 2. The first kappa shape index (κ1) is 18.2. The number of rotatable bonds is 3. The summed E-state index contributed by atoms with van der Waals surface area (Å²) in [6.07, 6.45) is 6.22. The number of ether oxygens (including phenoxy) is 1. The van der Waals surface area contributed by atoms with Gasteiger partial charge in [0.05, 0.1) is 7.11 Å². The molecule has 1 N–H and O–H groups in total. The van der Waals surface area contributed by atoms with Crippen LogP contribution < -0.4 is 10.1 Å². The number of fused-ring (bicyclic) bond motifs is 1. The van der Waals surface area contributed by atoms with Gasteiger partial charge in [-0.3, -0.25) is 19.8 Å². The van der Waals surface area contributed by atoms with Crippen LogP contribution in [0.1, 0.15) is 37.7 Å². The molecule has 6 nitrogen and oxygen atoms in total. The zero-order chi connectivity index (χ0) is 19.7. The molecule has 0 atom stereocenters. The highest BCUT2D eigenvalue weighted by Crippen LogP contribution is 2.31. The summed E-state index contributed by atoms with van der Waals surface area (Å²) in [6.45, 7) is 0. The molecule has 1 aliphatic carbocycles. The summed E-state index contributed by atoms with van der Waals surface area (Å²) in [5.74, 6) is -0.446. The van der Waals surface area contributed by atoms with E-state index in [0.29, 0.717) is 0 Å². The number of nitrogens with zero attached hydrogens (tertiary/aromatic N) is 1. The van der Waals surface area contributed by atoms with Crippen molar-refractivity contribution in [3.05, 3.63) is 47.5 Å². The lowest BCUT2D eigenvalue weighted by molar-refractivity contribution is -0.132. The van der Waals surface area contributed by atoms with Crippen LogP contribution in [0.25, 0.3) is 16.8 Å². The number of methoxy groups -OCH3 is 1. The minimum atomic E-state index is -0.651. The number of imide groups is 2. The van der Waals surface area contributed by atoms with Gasteiger partial charge in [-0.25, -0.2) is 4.79 Å². The number of urea groups is 1. The van der Waals surface area contributed by atoms with E-state index in [4.69, 9.17) is 4.74 Å². The zero-order valence-electron chi connectivity index (χ0n) is 15.7. The van der Waals surface area contributed by atoms with E-state index >= 15 is 0 Å². The van der Waals surface area contributed by atoms with E-state index in [0.717, 1.165) is 54.2 Å². The maximum Gasteiger partial charge on any atom is 0.331 e. The lowest BCUT2D eigenvalue weighted by Gasteiger charge is -2.35. The van der Waals surface area contributed by atoms with Crippen molar-refractivity contribution in [1.29, 1.82) is 0 Å². The maximum atomic E-state index is 13.1. The van der Waals surface area contributed by atoms with Gasteiger partial charge in [0.25, 0.3) is 11.8 Å². The van der Waals surface area contributed by atoms with Crippen molar-refractivity contribution < 1.29 is 19.1 Å². The fourth-order valence-electron chi connectivity index (χ4n) is 4.10. The van der Waals surface area contributed by atoms with Crippen LogP contribution in [0.5, 0.6) is 5.75 Å². The molecule has 28 heavy (non-hydrogen) atoms. The summed E-state index contributed by atoms with van der Waals surface area (Å²) >= 11 is 0. The average Bonchev–Trinajstić information content (AvgIpc) is 2.71. The summed E-state index contributed by atoms with van der Waals surface area (Å²) in [4.78, 5) is 39.1. The van der Waals surface area contributed by atoms with Crippen LogP contribution in [0.2, 0.25) is 0 Å². The first-order valence-corrected chi connectivity index (χ1v) is 9.56.